The molecule has 0 radical (unpaired) electrons. The van der Waals surface area contributed by atoms with E-state index in [9.17, 15) is 22.4 Å². The molecule has 0 bridgehead atoms. The zero-order valence-corrected chi connectivity index (χ0v) is 18.5. The number of carbonyl (C=O) groups is 2. The van der Waals surface area contributed by atoms with Crippen LogP contribution in [0.4, 0.5) is 9.18 Å². The van der Waals surface area contributed by atoms with Gasteiger partial charge in [0.2, 0.25) is 15.9 Å². The van der Waals surface area contributed by atoms with Gasteiger partial charge in [0.25, 0.3) is 0 Å². The lowest BCUT2D eigenvalue weighted by Gasteiger charge is -2.25. The highest BCUT2D eigenvalue weighted by molar-refractivity contribution is 7.89. The molecule has 1 aromatic rings. The lowest BCUT2D eigenvalue weighted by Crippen LogP contribution is -2.50. The van der Waals surface area contributed by atoms with Crippen molar-refractivity contribution in [1.29, 1.82) is 0 Å². The smallest absolute Gasteiger partial charge is 0.407 e. The van der Waals surface area contributed by atoms with Gasteiger partial charge in [0.15, 0.2) is 0 Å². The van der Waals surface area contributed by atoms with Crippen LogP contribution < -0.4 is 15.4 Å². The van der Waals surface area contributed by atoms with E-state index < -0.39 is 39.5 Å². The highest BCUT2D eigenvalue weighted by Gasteiger charge is 2.31. The number of hydrogen-bond acceptors (Lipinski definition) is 5. The molecule has 2 amide bonds. The molecule has 1 saturated carbocycles. The van der Waals surface area contributed by atoms with E-state index in [1.54, 1.807) is 20.8 Å². The number of benzene rings is 1. The summed E-state index contributed by atoms with van der Waals surface area (Å²) in [5.74, 6) is -0.982. The van der Waals surface area contributed by atoms with Gasteiger partial charge in [-0.05, 0) is 70.7 Å². The van der Waals surface area contributed by atoms with Crippen LogP contribution in [0.2, 0.25) is 0 Å². The largest absolute Gasteiger partial charge is 0.444 e. The van der Waals surface area contributed by atoms with Crippen molar-refractivity contribution in [2.75, 3.05) is 6.54 Å². The molecule has 1 aliphatic rings. The first kappa shape index (κ1) is 24.1. The van der Waals surface area contributed by atoms with Crippen LogP contribution in [-0.2, 0) is 19.6 Å². The second-order valence-electron chi connectivity index (χ2n) is 8.49. The molecule has 168 valence electrons. The number of alkyl carbamates (subject to hydrolysis) is 1. The second kappa shape index (κ2) is 9.74. The second-order valence-corrected chi connectivity index (χ2v) is 10.2. The molecule has 1 aromatic carbocycles. The molecule has 0 aliphatic heterocycles. The number of nitrogens with one attached hydrogen (secondary N) is 3. The van der Waals surface area contributed by atoms with Gasteiger partial charge in [-0.25, -0.2) is 17.6 Å². The number of ether oxygens (including phenoxy) is 1. The maximum Gasteiger partial charge on any atom is 0.407 e. The van der Waals surface area contributed by atoms with E-state index in [1.165, 1.54) is 6.92 Å². The highest BCUT2D eigenvalue weighted by atomic mass is 32.2. The maximum absolute atomic E-state index is 13.0. The Hall–Kier alpha value is -2.20. The Labute approximate surface area is 177 Å². The number of halogens is 1. The van der Waals surface area contributed by atoms with Gasteiger partial charge >= 0.3 is 6.09 Å². The number of amides is 2. The Morgan fingerprint density at radius 3 is 2.43 bits per heavy atom. The Bertz CT molecular complexity index is 852. The molecule has 1 fully saturated rings. The van der Waals surface area contributed by atoms with Crippen LogP contribution in [0.25, 0.3) is 0 Å². The molecule has 2 rings (SSSR count). The zero-order chi connectivity index (χ0) is 22.5. The lowest BCUT2D eigenvalue weighted by molar-refractivity contribution is -0.123. The molecule has 0 aromatic heterocycles. The fourth-order valence-electron chi connectivity index (χ4n) is 3.28. The van der Waals surface area contributed by atoms with E-state index in [-0.39, 0.29) is 16.9 Å². The SMILES string of the molecule is C[C@H](NS(=O)(=O)c1ccc(F)cc1)C(=O)N[C@@H]1CCC[C@@H]1CNC(=O)OC(C)(C)C. The molecule has 0 spiro atoms. The molecule has 30 heavy (non-hydrogen) atoms. The van der Waals surface area contributed by atoms with E-state index in [4.69, 9.17) is 4.74 Å². The highest BCUT2D eigenvalue weighted by Crippen LogP contribution is 2.25. The van der Waals surface area contributed by atoms with Crippen LogP contribution in [0.5, 0.6) is 0 Å². The first-order valence-corrected chi connectivity index (χ1v) is 11.4. The monoisotopic (exact) mass is 443 g/mol. The Morgan fingerprint density at radius 1 is 1.20 bits per heavy atom. The van der Waals surface area contributed by atoms with Crippen molar-refractivity contribution in [1.82, 2.24) is 15.4 Å². The van der Waals surface area contributed by atoms with Gasteiger partial charge in [-0.15, -0.1) is 0 Å². The standard InChI is InChI=1S/C20H30FN3O5S/c1-13(24-30(27,28)16-10-8-15(21)9-11-16)18(25)23-17-7-5-6-14(17)12-22-19(26)29-20(2,3)4/h8-11,13-14,17,24H,5-7,12H2,1-4H3,(H,22,26)(H,23,25)/t13-,14+,17+/m0/s1. The quantitative estimate of drug-likeness (QED) is 0.598. The predicted molar refractivity (Wildman–Crippen MR) is 110 cm³/mol. The Balaban J connectivity index is 1.89. The van der Waals surface area contributed by atoms with Crippen molar-refractivity contribution in [3.8, 4) is 0 Å². The van der Waals surface area contributed by atoms with Crippen LogP contribution in [0, 0.1) is 11.7 Å². The zero-order valence-electron chi connectivity index (χ0n) is 17.7. The summed E-state index contributed by atoms with van der Waals surface area (Å²) in [5, 5.41) is 5.59. The molecule has 0 saturated heterocycles. The Morgan fingerprint density at radius 2 is 1.83 bits per heavy atom. The summed E-state index contributed by atoms with van der Waals surface area (Å²) >= 11 is 0. The van der Waals surface area contributed by atoms with Crippen molar-refractivity contribution in [2.45, 2.75) is 69.5 Å². The molecule has 0 unspecified atom stereocenters. The molecule has 10 heteroatoms. The van der Waals surface area contributed by atoms with Gasteiger partial charge in [-0.3, -0.25) is 4.79 Å². The van der Waals surface area contributed by atoms with Gasteiger partial charge in [-0.2, -0.15) is 4.72 Å². The van der Waals surface area contributed by atoms with Crippen LogP contribution in [-0.4, -0.2) is 44.6 Å². The van der Waals surface area contributed by atoms with E-state index in [0.29, 0.717) is 6.54 Å². The van der Waals surface area contributed by atoms with Crippen molar-refractivity contribution in [3.63, 3.8) is 0 Å². The fraction of sp³-hybridized carbons (Fsp3) is 0.600. The minimum Gasteiger partial charge on any atom is -0.444 e. The molecule has 1 aliphatic carbocycles. The van der Waals surface area contributed by atoms with E-state index in [1.807, 2.05) is 0 Å². The molecule has 0 heterocycles. The summed E-state index contributed by atoms with van der Waals surface area (Å²) in [6.45, 7) is 7.13. The number of rotatable bonds is 7. The van der Waals surface area contributed by atoms with Crippen molar-refractivity contribution >= 4 is 22.0 Å². The third-order valence-electron chi connectivity index (χ3n) is 4.74. The number of carbonyl (C=O) groups excluding carboxylic acids is 2. The van der Waals surface area contributed by atoms with E-state index in [0.717, 1.165) is 43.5 Å². The fourth-order valence-corrected chi connectivity index (χ4v) is 4.48. The third-order valence-corrected chi connectivity index (χ3v) is 6.30. The minimum atomic E-state index is -3.96. The number of hydrogen-bond donors (Lipinski definition) is 3. The average molecular weight is 444 g/mol. The van der Waals surface area contributed by atoms with Crippen molar-refractivity contribution < 1.29 is 27.1 Å². The summed E-state index contributed by atoms with van der Waals surface area (Å²) < 4.78 is 45.3. The van der Waals surface area contributed by atoms with Crippen LogP contribution >= 0.6 is 0 Å². The van der Waals surface area contributed by atoms with E-state index >= 15 is 0 Å². The van der Waals surface area contributed by atoms with Gasteiger partial charge in [0.1, 0.15) is 11.4 Å². The maximum atomic E-state index is 13.0. The molecular weight excluding hydrogens is 413 g/mol. The first-order chi connectivity index (χ1) is 13.9. The summed E-state index contributed by atoms with van der Waals surface area (Å²) in [6, 6.07) is 3.17. The van der Waals surface area contributed by atoms with Crippen LogP contribution in [0.15, 0.2) is 29.2 Å². The molecule has 3 atom stereocenters. The number of sulfonamides is 1. The Kier molecular flexibility index (Phi) is 7.81. The van der Waals surface area contributed by atoms with Crippen LogP contribution in [0.3, 0.4) is 0 Å². The normalized spacial score (nSPS) is 20.4. The van der Waals surface area contributed by atoms with Gasteiger partial charge in [0, 0.05) is 12.6 Å². The van der Waals surface area contributed by atoms with Gasteiger partial charge in [-0.1, -0.05) is 6.42 Å². The predicted octanol–water partition coefficient (Wildman–Crippen LogP) is 2.30. The first-order valence-electron chi connectivity index (χ1n) is 9.92. The molecule has 8 nitrogen and oxygen atoms in total. The summed E-state index contributed by atoms with van der Waals surface area (Å²) in [7, 11) is -3.96. The average Bonchev–Trinajstić information content (AvgIpc) is 3.05. The topological polar surface area (TPSA) is 114 Å². The summed E-state index contributed by atoms with van der Waals surface area (Å²) in [4.78, 5) is 24.2. The van der Waals surface area contributed by atoms with Crippen molar-refractivity contribution in [3.05, 3.63) is 30.1 Å². The van der Waals surface area contributed by atoms with Crippen LogP contribution in [0.1, 0.15) is 47.0 Å². The molecule has 3 N–H and O–H groups in total. The van der Waals surface area contributed by atoms with Crippen molar-refractivity contribution in [2.24, 2.45) is 5.92 Å². The summed E-state index contributed by atoms with van der Waals surface area (Å²) in [6.07, 6.45) is 1.95. The van der Waals surface area contributed by atoms with E-state index in [2.05, 4.69) is 15.4 Å². The molecular formula is C20H30FN3O5S. The van der Waals surface area contributed by atoms with Gasteiger partial charge < -0.3 is 15.4 Å². The summed E-state index contributed by atoms with van der Waals surface area (Å²) in [5.41, 5.74) is -0.593. The lowest BCUT2D eigenvalue weighted by atomic mass is 10.0. The van der Waals surface area contributed by atoms with Gasteiger partial charge in [0.05, 0.1) is 10.9 Å². The minimum absolute atomic E-state index is 0.0300. The third kappa shape index (κ3) is 7.24.